The fourth-order valence-corrected chi connectivity index (χ4v) is 3.11. The zero-order chi connectivity index (χ0) is 18.4. The molecule has 0 unspecified atom stereocenters. The molecule has 1 amide bonds. The highest BCUT2D eigenvalue weighted by Crippen LogP contribution is 2.23. The summed E-state index contributed by atoms with van der Waals surface area (Å²) in [5.74, 6) is 1.16. The van der Waals surface area contributed by atoms with Gasteiger partial charge in [-0.25, -0.2) is 4.98 Å². The third-order valence-electron chi connectivity index (χ3n) is 3.25. The normalized spacial score (nSPS) is 10.5. The molecule has 1 N–H and O–H groups in total. The lowest BCUT2D eigenvalue weighted by Gasteiger charge is -2.07. The van der Waals surface area contributed by atoms with E-state index in [0.29, 0.717) is 23.3 Å². The van der Waals surface area contributed by atoms with Crippen molar-refractivity contribution in [2.24, 2.45) is 0 Å². The molecule has 0 radical (unpaired) electrons. The number of hydrogen-bond donors (Lipinski definition) is 1. The van der Waals surface area contributed by atoms with Gasteiger partial charge in [-0.15, -0.1) is 16.8 Å². The van der Waals surface area contributed by atoms with Crippen molar-refractivity contribution in [2.75, 3.05) is 11.1 Å². The Kier molecular flexibility index (Phi) is 6.13. The van der Waals surface area contributed by atoms with Gasteiger partial charge < -0.3 is 5.32 Å². The zero-order valence-corrected chi connectivity index (χ0v) is 16.1. The number of halogens is 1. The standard InChI is InChI=1S/C17H15BrN6OS/c1-2-9-24-16(13-5-3-4-8-19-13)22-23-17(24)26-11-15(25)21-14-7-6-12(18)10-20-14/h2-8,10H,1,9,11H2,(H,20,21,25). The van der Waals surface area contributed by atoms with E-state index in [9.17, 15) is 4.79 Å². The molecule has 132 valence electrons. The minimum atomic E-state index is -0.169. The Morgan fingerprint density at radius 2 is 2.15 bits per heavy atom. The first kappa shape index (κ1) is 18.3. The predicted molar refractivity (Wildman–Crippen MR) is 105 cm³/mol. The molecule has 0 spiro atoms. The first-order valence-electron chi connectivity index (χ1n) is 7.67. The predicted octanol–water partition coefficient (Wildman–Crippen LogP) is 3.41. The van der Waals surface area contributed by atoms with Crippen molar-refractivity contribution in [1.82, 2.24) is 24.7 Å². The molecule has 0 aliphatic carbocycles. The van der Waals surface area contributed by atoms with Crippen molar-refractivity contribution in [1.29, 1.82) is 0 Å². The molecule has 0 bridgehead atoms. The van der Waals surface area contributed by atoms with Gasteiger partial charge in [0.1, 0.15) is 11.5 Å². The monoisotopic (exact) mass is 430 g/mol. The Balaban J connectivity index is 1.69. The molecular formula is C17H15BrN6OS. The van der Waals surface area contributed by atoms with Crippen LogP contribution >= 0.6 is 27.7 Å². The number of pyridine rings is 2. The number of nitrogens with zero attached hydrogens (tertiary/aromatic N) is 5. The average Bonchev–Trinajstić information content (AvgIpc) is 3.06. The molecule has 9 heteroatoms. The van der Waals surface area contributed by atoms with Crippen molar-refractivity contribution in [2.45, 2.75) is 11.7 Å². The maximum absolute atomic E-state index is 12.1. The van der Waals surface area contributed by atoms with Gasteiger partial charge in [-0.05, 0) is 40.2 Å². The topological polar surface area (TPSA) is 85.6 Å². The number of amides is 1. The largest absolute Gasteiger partial charge is 0.310 e. The Hall–Kier alpha value is -2.52. The number of anilines is 1. The summed E-state index contributed by atoms with van der Waals surface area (Å²) in [6, 6.07) is 9.14. The van der Waals surface area contributed by atoms with Gasteiger partial charge in [-0.2, -0.15) is 0 Å². The first-order valence-corrected chi connectivity index (χ1v) is 9.45. The highest BCUT2D eigenvalue weighted by molar-refractivity contribution is 9.10. The van der Waals surface area contributed by atoms with Gasteiger partial charge >= 0.3 is 0 Å². The van der Waals surface area contributed by atoms with E-state index in [1.54, 1.807) is 24.5 Å². The van der Waals surface area contributed by atoms with Crippen LogP contribution in [-0.4, -0.2) is 36.4 Å². The molecule has 3 aromatic heterocycles. The Morgan fingerprint density at radius 1 is 1.27 bits per heavy atom. The summed E-state index contributed by atoms with van der Waals surface area (Å²) in [5, 5.41) is 11.8. The summed E-state index contributed by atoms with van der Waals surface area (Å²) in [5.41, 5.74) is 0.720. The highest BCUT2D eigenvalue weighted by atomic mass is 79.9. The average molecular weight is 431 g/mol. The molecule has 0 aromatic carbocycles. The number of nitrogens with one attached hydrogen (secondary N) is 1. The first-order chi connectivity index (χ1) is 12.7. The van der Waals surface area contributed by atoms with Gasteiger partial charge in [0.05, 0.1) is 5.75 Å². The van der Waals surface area contributed by atoms with E-state index in [1.165, 1.54) is 11.8 Å². The number of carbonyl (C=O) groups excluding carboxylic acids is 1. The Labute approximate surface area is 163 Å². The maximum Gasteiger partial charge on any atom is 0.236 e. The summed E-state index contributed by atoms with van der Waals surface area (Å²) in [7, 11) is 0. The van der Waals surface area contributed by atoms with Crippen molar-refractivity contribution in [3.8, 4) is 11.5 Å². The lowest BCUT2D eigenvalue weighted by atomic mass is 10.3. The molecule has 0 atom stereocenters. The fourth-order valence-electron chi connectivity index (χ4n) is 2.13. The van der Waals surface area contributed by atoms with Crippen LogP contribution < -0.4 is 5.32 Å². The third kappa shape index (κ3) is 4.55. The number of carbonyl (C=O) groups is 1. The van der Waals surface area contributed by atoms with Crippen LogP contribution in [0.2, 0.25) is 0 Å². The van der Waals surface area contributed by atoms with Crippen LogP contribution in [0.15, 0.2) is 65.0 Å². The minimum Gasteiger partial charge on any atom is -0.310 e. The van der Waals surface area contributed by atoms with Gasteiger partial charge in [0.15, 0.2) is 11.0 Å². The van der Waals surface area contributed by atoms with Crippen LogP contribution in [0.5, 0.6) is 0 Å². The molecule has 0 aliphatic rings. The minimum absolute atomic E-state index is 0.169. The van der Waals surface area contributed by atoms with Crippen LogP contribution in [0.25, 0.3) is 11.5 Å². The summed E-state index contributed by atoms with van der Waals surface area (Å²) in [6.45, 7) is 4.30. The summed E-state index contributed by atoms with van der Waals surface area (Å²) < 4.78 is 2.73. The second-order valence-corrected chi connectivity index (χ2v) is 6.98. The molecular weight excluding hydrogens is 416 g/mol. The van der Waals surface area contributed by atoms with E-state index in [0.717, 1.165) is 10.2 Å². The molecule has 0 saturated carbocycles. The molecule has 0 aliphatic heterocycles. The van der Waals surface area contributed by atoms with Crippen molar-refractivity contribution in [3.63, 3.8) is 0 Å². The second-order valence-electron chi connectivity index (χ2n) is 5.12. The number of aromatic nitrogens is 5. The van der Waals surface area contributed by atoms with E-state index in [1.807, 2.05) is 28.8 Å². The summed E-state index contributed by atoms with van der Waals surface area (Å²) in [4.78, 5) is 20.6. The van der Waals surface area contributed by atoms with Gasteiger partial charge in [-0.3, -0.25) is 14.3 Å². The highest BCUT2D eigenvalue weighted by Gasteiger charge is 2.15. The molecule has 3 aromatic rings. The van der Waals surface area contributed by atoms with E-state index in [4.69, 9.17) is 0 Å². The number of thioether (sulfide) groups is 1. The second kappa shape index (κ2) is 8.72. The quantitative estimate of drug-likeness (QED) is 0.456. The molecule has 0 fully saturated rings. The van der Waals surface area contributed by atoms with Crippen molar-refractivity contribution >= 4 is 39.4 Å². The van der Waals surface area contributed by atoms with E-state index in [2.05, 4.69) is 48.0 Å². The molecule has 7 nitrogen and oxygen atoms in total. The molecule has 0 saturated heterocycles. The summed E-state index contributed by atoms with van der Waals surface area (Å²) >= 11 is 4.60. The van der Waals surface area contributed by atoms with E-state index < -0.39 is 0 Å². The molecule has 3 rings (SSSR count). The Morgan fingerprint density at radius 3 is 2.85 bits per heavy atom. The van der Waals surface area contributed by atoms with Crippen LogP contribution in [0.4, 0.5) is 5.82 Å². The Bertz CT molecular complexity index is 897. The van der Waals surface area contributed by atoms with E-state index in [-0.39, 0.29) is 11.7 Å². The van der Waals surface area contributed by atoms with Crippen molar-refractivity contribution < 1.29 is 4.79 Å². The van der Waals surface area contributed by atoms with Gasteiger partial charge in [0.25, 0.3) is 0 Å². The van der Waals surface area contributed by atoms with Crippen LogP contribution in [0, 0.1) is 0 Å². The zero-order valence-electron chi connectivity index (χ0n) is 13.7. The fraction of sp³-hybridized carbons (Fsp3) is 0.118. The van der Waals surface area contributed by atoms with Gasteiger partial charge in [-0.1, -0.05) is 23.9 Å². The van der Waals surface area contributed by atoms with Crippen molar-refractivity contribution in [3.05, 3.63) is 59.9 Å². The van der Waals surface area contributed by atoms with Gasteiger partial charge in [0.2, 0.25) is 5.91 Å². The number of allylic oxidation sites excluding steroid dienone is 1. The SMILES string of the molecule is C=CCn1c(SCC(=O)Nc2ccc(Br)cn2)nnc1-c1ccccn1. The van der Waals surface area contributed by atoms with Crippen LogP contribution in [0.3, 0.4) is 0 Å². The summed E-state index contributed by atoms with van der Waals surface area (Å²) in [6.07, 6.45) is 5.09. The third-order valence-corrected chi connectivity index (χ3v) is 4.69. The maximum atomic E-state index is 12.1. The number of hydrogen-bond acceptors (Lipinski definition) is 6. The van der Waals surface area contributed by atoms with Crippen LogP contribution in [0.1, 0.15) is 0 Å². The molecule has 3 heterocycles. The van der Waals surface area contributed by atoms with Gasteiger partial charge in [0, 0.05) is 23.4 Å². The smallest absolute Gasteiger partial charge is 0.236 e. The van der Waals surface area contributed by atoms with E-state index >= 15 is 0 Å². The van der Waals surface area contributed by atoms with Crippen LogP contribution in [-0.2, 0) is 11.3 Å². The lowest BCUT2D eigenvalue weighted by molar-refractivity contribution is -0.113. The number of rotatable bonds is 7. The lowest BCUT2D eigenvalue weighted by Crippen LogP contribution is -2.15. The molecule has 26 heavy (non-hydrogen) atoms.